The number of rotatable bonds is 2. The molecule has 0 saturated carbocycles. The maximum absolute atomic E-state index is 10.9. The van der Waals surface area contributed by atoms with Crippen molar-refractivity contribution in [3.63, 3.8) is 0 Å². The third-order valence-electron chi connectivity index (χ3n) is 3.62. The molecule has 1 atom stereocenters. The first kappa shape index (κ1) is 13.2. The Morgan fingerprint density at radius 2 is 1.85 bits per heavy atom. The van der Waals surface area contributed by atoms with Crippen LogP contribution >= 0.6 is 11.6 Å². The predicted octanol–water partition coefficient (Wildman–Crippen LogP) is 4.65. The van der Waals surface area contributed by atoms with Crippen LogP contribution in [0.1, 0.15) is 23.8 Å². The molecule has 0 fully saturated rings. The molecule has 3 aromatic rings. The highest BCUT2D eigenvalue weighted by molar-refractivity contribution is 6.31. The van der Waals surface area contributed by atoms with E-state index in [1.165, 1.54) is 0 Å². The average Bonchev–Trinajstić information content (AvgIpc) is 2.85. The molecule has 3 rings (SSSR count). The first-order chi connectivity index (χ1) is 9.50. The molecule has 1 N–H and O–H groups in total. The van der Waals surface area contributed by atoms with E-state index in [-0.39, 0.29) is 0 Å². The van der Waals surface area contributed by atoms with Gasteiger partial charge in [0.05, 0.1) is 0 Å². The molecule has 102 valence electrons. The Balaban J connectivity index is 2.19. The summed E-state index contributed by atoms with van der Waals surface area (Å²) in [6, 6.07) is 15.1. The van der Waals surface area contributed by atoms with Gasteiger partial charge in [-0.1, -0.05) is 48.0 Å². The Bertz CT molecular complexity index is 772. The van der Waals surface area contributed by atoms with Crippen molar-refractivity contribution in [1.29, 1.82) is 0 Å². The summed E-state index contributed by atoms with van der Waals surface area (Å²) in [6.45, 7) is 3.68. The summed E-state index contributed by atoms with van der Waals surface area (Å²) >= 11 is 6.19. The summed E-state index contributed by atoms with van der Waals surface area (Å²) in [5.74, 6) is 0.495. The Hall–Kier alpha value is -1.77. The van der Waals surface area contributed by atoms with Gasteiger partial charge in [0.25, 0.3) is 0 Å². The van der Waals surface area contributed by atoms with Crippen LogP contribution in [0.25, 0.3) is 11.0 Å². The number of para-hydroxylation sites is 1. The van der Waals surface area contributed by atoms with Crippen molar-refractivity contribution in [2.24, 2.45) is 0 Å². The zero-order valence-electron chi connectivity index (χ0n) is 11.4. The smallest absolute Gasteiger partial charge is 0.146 e. The summed E-state index contributed by atoms with van der Waals surface area (Å²) in [4.78, 5) is 0. The van der Waals surface area contributed by atoms with E-state index in [1.807, 2.05) is 49.4 Å². The van der Waals surface area contributed by atoms with Crippen molar-refractivity contribution >= 4 is 22.6 Å². The largest absolute Gasteiger partial charge is 0.457 e. The van der Waals surface area contributed by atoms with Crippen LogP contribution in [0.4, 0.5) is 0 Å². The van der Waals surface area contributed by atoms with Gasteiger partial charge < -0.3 is 9.52 Å². The third-order valence-corrected chi connectivity index (χ3v) is 3.95. The van der Waals surface area contributed by atoms with E-state index in [2.05, 4.69) is 0 Å². The monoisotopic (exact) mass is 286 g/mol. The lowest BCUT2D eigenvalue weighted by Gasteiger charge is -2.22. The Kier molecular flexibility index (Phi) is 3.08. The minimum atomic E-state index is -1.26. The molecule has 0 saturated heterocycles. The van der Waals surface area contributed by atoms with Crippen LogP contribution in [0.5, 0.6) is 0 Å². The van der Waals surface area contributed by atoms with Crippen molar-refractivity contribution in [3.05, 3.63) is 70.4 Å². The molecule has 0 aliphatic rings. The Morgan fingerprint density at radius 3 is 2.55 bits per heavy atom. The normalized spacial score (nSPS) is 14.4. The summed E-state index contributed by atoms with van der Waals surface area (Å²) in [7, 11) is 0. The minimum absolute atomic E-state index is 0.495. The number of hydrogen-bond acceptors (Lipinski definition) is 2. The van der Waals surface area contributed by atoms with E-state index in [1.54, 1.807) is 13.0 Å². The van der Waals surface area contributed by atoms with Gasteiger partial charge in [0.1, 0.15) is 16.9 Å². The molecule has 1 aromatic heterocycles. The molecule has 20 heavy (non-hydrogen) atoms. The van der Waals surface area contributed by atoms with E-state index < -0.39 is 5.60 Å². The van der Waals surface area contributed by atoms with Crippen LogP contribution in [-0.2, 0) is 5.60 Å². The van der Waals surface area contributed by atoms with Crippen molar-refractivity contribution in [1.82, 2.24) is 0 Å². The lowest BCUT2D eigenvalue weighted by atomic mass is 9.93. The molecule has 2 nitrogen and oxygen atoms in total. The van der Waals surface area contributed by atoms with E-state index in [0.29, 0.717) is 16.3 Å². The molecular weight excluding hydrogens is 272 g/mol. The van der Waals surface area contributed by atoms with E-state index in [0.717, 1.165) is 16.5 Å². The number of furan rings is 1. The van der Waals surface area contributed by atoms with Gasteiger partial charge in [-0.3, -0.25) is 0 Å². The second-order valence-electron chi connectivity index (χ2n) is 5.16. The fourth-order valence-corrected chi connectivity index (χ4v) is 2.76. The number of hydrogen-bond donors (Lipinski definition) is 1. The Labute approximate surface area is 122 Å². The fraction of sp³-hybridized carbons (Fsp3) is 0.176. The van der Waals surface area contributed by atoms with E-state index >= 15 is 0 Å². The van der Waals surface area contributed by atoms with Gasteiger partial charge in [-0.2, -0.15) is 0 Å². The molecular formula is C17H15ClO2. The van der Waals surface area contributed by atoms with Crippen molar-refractivity contribution < 1.29 is 9.52 Å². The molecule has 0 amide bonds. The van der Waals surface area contributed by atoms with Gasteiger partial charge in [-0.05, 0) is 31.5 Å². The van der Waals surface area contributed by atoms with Crippen LogP contribution < -0.4 is 0 Å². The predicted molar refractivity (Wildman–Crippen MR) is 81.1 cm³/mol. The quantitative estimate of drug-likeness (QED) is 0.744. The Morgan fingerprint density at radius 1 is 1.10 bits per heavy atom. The highest BCUT2D eigenvalue weighted by Crippen LogP contribution is 2.37. The van der Waals surface area contributed by atoms with Crippen LogP contribution in [0.15, 0.2) is 52.9 Å². The molecule has 1 heterocycles. The second kappa shape index (κ2) is 4.65. The molecule has 1 unspecified atom stereocenters. The van der Waals surface area contributed by atoms with Crippen molar-refractivity contribution in [2.75, 3.05) is 0 Å². The standard InChI is InChI=1S/C17H15ClO2/c1-11-6-5-7-12-10-15(20-16(11)12)17(2,19)13-8-3-4-9-14(13)18/h3-10,19H,1-2H3. The van der Waals surface area contributed by atoms with Crippen molar-refractivity contribution in [3.8, 4) is 0 Å². The van der Waals surface area contributed by atoms with Gasteiger partial charge in [0.2, 0.25) is 0 Å². The number of aryl methyl sites for hydroxylation is 1. The first-order valence-electron chi connectivity index (χ1n) is 6.47. The topological polar surface area (TPSA) is 33.4 Å². The molecule has 2 aromatic carbocycles. The molecule has 0 bridgehead atoms. The lowest BCUT2D eigenvalue weighted by Crippen LogP contribution is -2.22. The fourth-order valence-electron chi connectivity index (χ4n) is 2.44. The maximum Gasteiger partial charge on any atom is 0.146 e. The third kappa shape index (κ3) is 2.01. The summed E-state index contributed by atoms with van der Waals surface area (Å²) in [5.41, 5.74) is 1.22. The summed E-state index contributed by atoms with van der Waals surface area (Å²) in [5, 5.41) is 12.4. The first-order valence-corrected chi connectivity index (χ1v) is 6.85. The van der Waals surface area contributed by atoms with E-state index in [4.69, 9.17) is 16.0 Å². The second-order valence-corrected chi connectivity index (χ2v) is 5.56. The maximum atomic E-state index is 10.9. The van der Waals surface area contributed by atoms with Crippen LogP contribution in [-0.4, -0.2) is 5.11 Å². The number of aliphatic hydroxyl groups is 1. The zero-order valence-corrected chi connectivity index (χ0v) is 12.1. The minimum Gasteiger partial charge on any atom is -0.457 e. The van der Waals surface area contributed by atoms with Gasteiger partial charge in [-0.25, -0.2) is 0 Å². The van der Waals surface area contributed by atoms with Gasteiger partial charge in [0.15, 0.2) is 0 Å². The van der Waals surface area contributed by atoms with Crippen LogP contribution in [0.2, 0.25) is 5.02 Å². The molecule has 0 aliphatic carbocycles. The number of benzene rings is 2. The number of halogens is 1. The van der Waals surface area contributed by atoms with Gasteiger partial charge >= 0.3 is 0 Å². The SMILES string of the molecule is Cc1cccc2cc(C(C)(O)c3ccccc3Cl)oc12. The highest BCUT2D eigenvalue weighted by Gasteiger charge is 2.31. The van der Waals surface area contributed by atoms with Crippen LogP contribution in [0, 0.1) is 6.92 Å². The highest BCUT2D eigenvalue weighted by atomic mass is 35.5. The average molecular weight is 287 g/mol. The van der Waals surface area contributed by atoms with Gasteiger partial charge in [0, 0.05) is 16.0 Å². The summed E-state index contributed by atoms with van der Waals surface area (Å²) < 4.78 is 5.86. The molecule has 3 heteroatoms. The molecule has 0 radical (unpaired) electrons. The van der Waals surface area contributed by atoms with Crippen molar-refractivity contribution in [2.45, 2.75) is 19.4 Å². The molecule has 0 spiro atoms. The zero-order chi connectivity index (χ0) is 14.3. The lowest BCUT2D eigenvalue weighted by molar-refractivity contribution is 0.0787. The molecule has 0 aliphatic heterocycles. The van der Waals surface area contributed by atoms with Crippen LogP contribution in [0.3, 0.4) is 0 Å². The number of fused-ring (bicyclic) bond motifs is 1. The van der Waals surface area contributed by atoms with E-state index in [9.17, 15) is 5.11 Å². The summed E-state index contributed by atoms with van der Waals surface area (Å²) in [6.07, 6.45) is 0. The van der Waals surface area contributed by atoms with Gasteiger partial charge in [-0.15, -0.1) is 0 Å².